The number of rotatable bonds is 2. The minimum Gasteiger partial charge on any atom is -0.404 e. The van der Waals surface area contributed by atoms with E-state index in [0.717, 1.165) is 39.8 Å². The van der Waals surface area contributed by atoms with E-state index in [-0.39, 0.29) is 0 Å². The van der Waals surface area contributed by atoms with Crippen LogP contribution in [-0.2, 0) is 5.79 Å². The number of ether oxygens (including phenoxy) is 1. The first-order valence-corrected chi connectivity index (χ1v) is 12.9. The first-order chi connectivity index (χ1) is 17.8. The van der Waals surface area contributed by atoms with Gasteiger partial charge in [0.1, 0.15) is 5.69 Å². The highest BCUT2D eigenvalue weighted by atomic mass is 32.1. The average molecular weight is 483 g/mol. The Hall–Kier alpha value is -4.55. The van der Waals surface area contributed by atoms with E-state index in [1.54, 1.807) is 11.3 Å². The summed E-state index contributed by atoms with van der Waals surface area (Å²) in [5, 5.41) is 8.65. The molecule has 0 saturated heterocycles. The summed E-state index contributed by atoms with van der Waals surface area (Å²) in [7, 11) is 0. The lowest BCUT2D eigenvalue weighted by Gasteiger charge is -2.23. The fraction of sp³-hybridized carbons (Fsp3) is 0.0333. The third-order valence-corrected chi connectivity index (χ3v) is 8.47. The molecule has 6 heterocycles. The minimum atomic E-state index is -0.650. The van der Waals surface area contributed by atoms with Gasteiger partial charge in [0.15, 0.2) is 17.5 Å². The van der Waals surface area contributed by atoms with Crippen LogP contribution in [0, 0.1) is 0 Å². The lowest BCUT2D eigenvalue weighted by molar-refractivity contribution is -0.973. The van der Waals surface area contributed by atoms with Crippen LogP contribution in [0.15, 0.2) is 109 Å². The second kappa shape index (κ2) is 6.36. The first-order valence-electron chi connectivity index (χ1n) is 12.0. The number of thiazole rings is 1. The van der Waals surface area contributed by atoms with Crippen molar-refractivity contribution in [2.75, 3.05) is 0 Å². The monoisotopic (exact) mass is 482 g/mol. The van der Waals surface area contributed by atoms with Gasteiger partial charge in [-0.2, -0.15) is 5.10 Å². The minimum absolute atomic E-state index is 0.650. The molecule has 0 amide bonds. The zero-order chi connectivity index (χ0) is 23.4. The van der Waals surface area contributed by atoms with Crippen LogP contribution in [0.5, 0.6) is 11.6 Å². The van der Waals surface area contributed by atoms with Crippen molar-refractivity contribution in [1.82, 2.24) is 9.78 Å². The Morgan fingerprint density at radius 1 is 0.806 bits per heavy atom. The lowest BCUT2D eigenvalue weighted by Crippen LogP contribution is -2.75. The van der Waals surface area contributed by atoms with Gasteiger partial charge in [-0.1, -0.05) is 81.1 Å². The van der Waals surface area contributed by atoms with Crippen molar-refractivity contribution < 1.29 is 13.9 Å². The number of benzene rings is 3. The summed E-state index contributed by atoms with van der Waals surface area (Å²) >= 11 is 1.75. The van der Waals surface area contributed by atoms with Gasteiger partial charge >= 0.3 is 11.7 Å². The van der Waals surface area contributed by atoms with Crippen LogP contribution < -0.4 is 13.9 Å². The summed E-state index contributed by atoms with van der Waals surface area (Å²) < 4.78 is 13.3. The molecule has 6 aromatic rings. The van der Waals surface area contributed by atoms with E-state index < -0.39 is 5.79 Å². The van der Waals surface area contributed by atoms with Crippen molar-refractivity contribution in [3.63, 3.8) is 0 Å². The van der Waals surface area contributed by atoms with Crippen molar-refractivity contribution in [3.8, 4) is 56.0 Å². The van der Waals surface area contributed by atoms with E-state index >= 15 is 0 Å². The summed E-state index contributed by atoms with van der Waals surface area (Å²) in [5.41, 5.74) is 9.01. The summed E-state index contributed by atoms with van der Waals surface area (Å²) in [5.74, 6) is 1.06. The first kappa shape index (κ1) is 18.7. The molecule has 1 spiro atoms. The van der Waals surface area contributed by atoms with Gasteiger partial charge in [-0.3, -0.25) is 0 Å². The van der Waals surface area contributed by atoms with Crippen LogP contribution in [0.2, 0.25) is 0 Å². The maximum Gasteiger partial charge on any atom is 0.504 e. The van der Waals surface area contributed by atoms with Gasteiger partial charge in [0.25, 0.3) is 5.01 Å². The third kappa shape index (κ3) is 2.06. The Balaban J connectivity index is 1.30. The van der Waals surface area contributed by atoms with E-state index in [2.05, 4.69) is 110 Å². The normalized spacial score (nSPS) is 17.2. The quantitative estimate of drug-likeness (QED) is 0.297. The van der Waals surface area contributed by atoms with E-state index in [1.165, 1.54) is 21.7 Å². The van der Waals surface area contributed by atoms with Crippen LogP contribution in [0.1, 0.15) is 5.56 Å². The van der Waals surface area contributed by atoms with Crippen molar-refractivity contribution in [3.05, 3.63) is 114 Å². The largest absolute Gasteiger partial charge is 0.504 e. The van der Waals surface area contributed by atoms with Crippen molar-refractivity contribution in [2.45, 2.75) is 5.79 Å². The number of hydrogen-bond donors (Lipinski definition) is 0. The number of hydrogen-bond acceptors (Lipinski definition) is 3. The van der Waals surface area contributed by atoms with E-state index in [9.17, 15) is 0 Å². The van der Waals surface area contributed by atoms with E-state index in [1.807, 2.05) is 12.1 Å². The molecule has 0 N–H and O–H groups in total. The third-order valence-electron chi connectivity index (χ3n) is 7.57. The van der Waals surface area contributed by atoms with Crippen molar-refractivity contribution in [1.29, 1.82) is 0 Å². The molecule has 0 fully saturated rings. The van der Waals surface area contributed by atoms with E-state index in [4.69, 9.17) is 9.84 Å². The molecule has 3 aromatic carbocycles. The van der Waals surface area contributed by atoms with Crippen LogP contribution in [0.3, 0.4) is 0 Å². The van der Waals surface area contributed by atoms with Gasteiger partial charge in [0.2, 0.25) is 5.69 Å². The van der Waals surface area contributed by atoms with Gasteiger partial charge in [0, 0.05) is 11.6 Å². The summed E-state index contributed by atoms with van der Waals surface area (Å²) in [6.07, 6.45) is 2.17. The van der Waals surface area contributed by atoms with Crippen molar-refractivity contribution >= 4 is 11.3 Å². The molecule has 3 aliphatic heterocycles. The Bertz CT molecular complexity index is 1870. The van der Waals surface area contributed by atoms with E-state index in [0.29, 0.717) is 0 Å². The fourth-order valence-corrected chi connectivity index (χ4v) is 7.02. The zero-order valence-corrected chi connectivity index (χ0v) is 19.8. The number of fused-ring (bicyclic) bond motifs is 4. The van der Waals surface area contributed by atoms with Gasteiger partial charge < -0.3 is 4.74 Å². The van der Waals surface area contributed by atoms with Gasteiger partial charge in [0.05, 0.1) is 22.7 Å². The Kier molecular flexibility index (Phi) is 3.31. The highest BCUT2D eigenvalue weighted by Gasteiger charge is 2.73. The molecular weight excluding hydrogens is 464 g/mol. The Labute approximate surface area is 210 Å². The predicted octanol–water partition coefficient (Wildman–Crippen LogP) is 5.68. The smallest absolute Gasteiger partial charge is 0.404 e. The highest BCUT2D eigenvalue weighted by Crippen LogP contribution is 2.52. The lowest BCUT2D eigenvalue weighted by atomic mass is 10.0. The van der Waals surface area contributed by atoms with Crippen molar-refractivity contribution in [2.24, 2.45) is 0 Å². The Morgan fingerprint density at radius 3 is 2.50 bits per heavy atom. The molecule has 1 atom stereocenters. The van der Waals surface area contributed by atoms with Gasteiger partial charge in [-0.15, -0.1) is 4.68 Å². The van der Waals surface area contributed by atoms with Crippen LogP contribution in [-0.4, -0.2) is 9.78 Å². The fourth-order valence-electron chi connectivity index (χ4n) is 6.11. The molecule has 9 rings (SSSR count). The molecule has 0 bridgehead atoms. The molecule has 36 heavy (non-hydrogen) atoms. The maximum atomic E-state index is 6.44. The molecule has 0 aliphatic carbocycles. The average Bonchev–Trinajstić information content (AvgIpc) is 3.69. The number of aromatic nitrogens is 4. The number of pyridine rings is 1. The molecule has 3 aliphatic rings. The predicted molar refractivity (Wildman–Crippen MR) is 137 cm³/mol. The standard InChI is InChI=1S/C30H18N4OS/c1-2-6-19(7-3-1)20-12-14-21(15-13-20)23-18-25-24-9-5-11-27-33(24)30(34(25)31-23)28-22(8-4-10-26(28)35-27)29-32(30)16-17-36-29/h1-18H/q+2. The summed E-state index contributed by atoms with van der Waals surface area (Å²) in [4.78, 5) is 0. The second-order valence-electron chi connectivity index (χ2n) is 9.35. The van der Waals surface area contributed by atoms with Crippen LogP contribution >= 0.6 is 11.3 Å². The Morgan fingerprint density at radius 2 is 1.61 bits per heavy atom. The highest BCUT2D eigenvalue weighted by molar-refractivity contribution is 7.12. The molecule has 168 valence electrons. The maximum absolute atomic E-state index is 6.44. The molecule has 0 radical (unpaired) electrons. The topological polar surface area (TPSA) is 34.8 Å². The molecule has 6 heteroatoms. The molecule has 3 aromatic heterocycles. The van der Waals surface area contributed by atoms with Gasteiger partial charge in [-0.05, 0) is 35.4 Å². The summed E-state index contributed by atoms with van der Waals surface area (Å²) in [6.45, 7) is 0. The molecular formula is C30H18N4OS+2. The zero-order valence-electron chi connectivity index (χ0n) is 19.0. The van der Waals surface area contributed by atoms with Crippen LogP contribution in [0.4, 0.5) is 0 Å². The number of nitrogens with zero attached hydrogens (tertiary/aromatic N) is 4. The molecule has 5 nitrogen and oxygen atoms in total. The second-order valence-corrected chi connectivity index (χ2v) is 10.2. The molecule has 0 saturated carbocycles. The SMILES string of the molecule is c1ccc(-c2ccc(-c3cc4n(n3)C35c6c(cccc6-c6scc[n+]63)Oc3cccc-4[n+]35)cc2)cc1. The molecule has 1 unspecified atom stereocenters. The summed E-state index contributed by atoms with van der Waals surface area (Å²) in [6, 6.07) is 34.0. The van der Waals surface area contributed by atoms with Crippen LogP contribution in [0.25, 0.3) is 44.3 Å². The van der Waals surface area contributed by atoms with Gasteiger partial charge in [-0.25, -0.2) is 0 Å².